The first-order valence-corrected chi connectivity index (χ1v) is 9.91. The molecule has 1 atom stereocenters. The second kappa shape index (κ2) is 8.93. The average molecular weight is 490 g/mol. The Balaban J connectivity index is 0.00000210. The van der Waals surface area contributed by atoms with Gasteiger partial charge in [-0.3, -0.25) is 9.56 Å². The van der Waals surface area contributed by atoms with Crippen LogP contribution in [-0.4, -0.2) is 65.1 Å². The third-order valence-electron chi connectivity index (χ3n) is 6.00. The summed E-state index contributed by atoms with van der Waals surface area (Å²) in [6, 6.07) is 0. The predicted octanol–water partition coefficient (Wildman–Crippen LogP) is 1.08. The van der Waals surface area contributed by atoms with Gasteiger partial charge in [0.05, 0.1) is 6.61 Å². The van der Waals surface area contributed by atoms with Gasteiger partial charge >= 0.3 is 5.69 Å². The molecule has 2 saturated heterocycles. The maximum Gasteiger partial charge on any atom is 0.345 e. The van der Waals surface area contributed by atoms with E-state index in [9.17, 15) is 4.79 Å². The molecule has 1 spiro atoms. The number of guanidine groups is 1. The minimum atomic E-state index is 0. The van der Waals surface area contributed by atoms with Crippen molar-refractivity contribution in [2.24, 2.45) is 10.4 Å². The van der Waals surface area contributed by atoms with Crippen LogP contribution >= 0.6 is 24.0 Å². The Morgan fingerprint density at radius 1 is 1.33 bits per heavy atom. The number of ether oxygens (including phenoxy) is 1. The Hall–Kier alpha value is -1.10. The van der Waals surface area contributed by atoms with E-state index in [1.165, 1.54) is 6.42 Å². The van der Waals surface area contributed by atoms with Gasteiger partial charge in [-0.15, -0.1) is 24.0 Å². The van der Waals surface area contributed by atoms with E-state index in [0.717, 1.165) is 83.3 Å². The standard InChI is InChI=1S/C18H30N6O2.HI/c1-19-16(22-11-6-18(13-22)7-12-26-14-18)20-8-4-10-24-17(25)23-9-3-2-5-15(23)21-24;/h2-14H2,1H3,(H,19,20);1H. The molecule has 2 fully saturated rings. The van der Waals surface area contributed by atoms with Crippen LogP contribution in [0.5, 0.6) is 0 Å². The SMILES string of the molecule is CN=C(NCCCn1nc2n(c1=O)CCCC2)N1CCC2(CCOC2)C1.I. The van der Waals surface area contributed by atoms with Gasteiger partial charge < -0.3 is 15.0 Å². The van der Waals surface area contributed by atoms with Crippen molar-refractivity contribution >= 4 is 29.9 Å². The highest BCUT2D eigenvalue weighted by molar-refractivity contribution is 14.0. The first kappa shape index (κ1) is 20.6. The van der Waals surface area contributed by atoms with Crippen molar-refractivity contribution < 1.29 is 4.74 Å². The lowest BCUT2D eigenvalue weighted by Gasteiger charge is -2.24. The number of hydrogen-bond acceptors (Lipinski definition) is 4. The zero-order valence-electron chi connectivity index (χ0n) is 16.2. The van der Waals surface area contributed by atoms with Gasteiger partial charge in [0.15, 0.2) is 5.96 Å². The summed E-state index contributed by atoms with van der Waals surface area (Å²) in [7, 11) is 1.84. The molecule has 0 amide bonds. The van der Waals surface area contributed by atoms with Gasteiger partial charge in [-0.25, -0.2) is 9.48 Å². The molecule has 9 heteroatoms. The second-order valence-corrected chi connectivity index (χ2v) is 7.83. The van der Waals surface area contributed by atoms with E-state index in [1.54, 1.807) is 4.68 Å². The summed E-state index contributed by atoms with van der Waals surface area (Å²) in [5, 5.41) is 7.95. The van der Waals surface area contributed by atoms with Gasteiger partial charge in [0.2, 0.25) is 0 Å². The quantitative estimate of drug-likeness (QED) is 0.296. The van der Waals surface area contributed by atoms with Crippen molar-refractivity contribution in [1.29, 1.82) is 0 Å². The average Bonchev–Trinajstić information content (AvgIpc) is 3.37. The second-order valence-electron chi connectivity index (χ2n) is 7.83. The summed E-state index contributed by atoms with van der Waals surface area (Å²) in [6.07, 6.45) is 6.35. The van der Waals surface area contributed by atoms with E-state index >= 15 is 0 Å². The van der Waals surface area contributed by atoms with Crippen LogP contribution in [0.25, 0.3) is 0 Å². The number of aliphatic imine (C=N–C) groups is 1. The monoisotopic (exact) mass is 490 g/mol. The summed E-state index contributed by atoms with van der Waals surface area (Å²) < 4.78 is 9.08. The Kier molecular flexibility index (Phi) is 6.83. The smallest absolute Gasteiger partial charge is 0.345 e. The lowest BCUT2D eigenvalue weighted by atomic mass is 9.87. The largest absolute Gasteiger partial charge is 0.381 e. The van der Waals surface area contributed by atoms with Crippen LogP contribution in [0.15, 0.2) is 9.79 Å². The van der Waals surface area contributed by atoms with Crippen molar-refractivity contribution in [3.8, 4) is 0 Å². The molecular formula is C18H31IN6O2. The Morgan fingerprint density at radius 3 is 2.96 bits per heavy atom. The van der Waals surface area contributed by atoms with Gasteiger partial charge in [0.1, 0.15) is 5.82 Å². The van der Waals surface area contributed by atoms with Gasteiger partial charge in [-0.2, -0.15) is 5.10 Å². The summed E-state index contributed by atoms with van der Waals surface area (Å²) >= 11 is 0. The van der Waals surface area contributed by atoms with E-state index in [2.05, 4.69) is 20.3 Å². The van der Waals surface area contributed by atoms with Crippen LogP contribution in [0.3, 0.4) is 0 Å². The third-order valence-corrected chi connectivity index (χ3v) is 6.00. The summed E-state index contributed by atoms with van der Waals surface area (Å²) in [4.78, 5) is 19.1. The molecule has 0 radical (unpaired) electrons. The molecule has 4 rings (SSSR count). The van der Waals surface area contributed by atoms with Crippen LogP contribution in [0.4, 0.5) is 0 Å². The van der Waals surface area contributed by atoms with Crippen LogP contribution in [0.1, 0.15) is 37.9 Å². The maximum absolute atomic E-state index is 12.3. The number of likely N-dealkylation sites (tertiary alicyclic amines) is 1. The number of nitrogens with zero attached hydrogens (tertiary/aromatic N) is 5. The number of hydrogen-bond donors (Lipinski definition) is 1. The van der Waals surface area contributed by atoms with Gasteiger partial charge in [-0.1, -0.05) is 0 Å². The first-order chi connectivity index (χ1) is 12.7. The Morgan fingerprint density at radius 2 is 2.22 bits per heavy atom. The molecular weight excluding hydrogens is 459 g/mol. The Labute approximate surface area is 177 Å². The van der Waals surface area contributed by atoms with Crippen LogP contribution < -0.4 is 11.0 Å². The zero-order valence-corrected chi connectivity index (χ0v) is 18.5. The highest BCUT2D eigenvalue weighted by Gasteiger charge is 2.42. The predicted molar refractivity (Wildman–Crippen MR) is 115 cm³/mol. The first-order valence-electron chi connectivity index (χ1n) is 9.91. The van der Waals surface area contributed by atoms with Crippen LogP contribution in [0, 0.1) is 5.41 Å². The van der Waals surface area contributed by atoms with Crippen molar-refractivity contribution in [1.82, 2.24) is 24.6 Å². The van der Waals surface area contributed by atoms with E-state index in [4.69, 9.17) is 4.74 Å². The van der Waals surface area contributed by atoms with Crippen molar-refractivity contribution in [2.75, 3.05) is 39.9 Å². The van der Waals surface area contributed by atoms with Crippen molar-refractivity contribution in [3.63, 3.8) is 0 Å². The Bertz CT molecular complexity index is 722. The fourth-order valence-electron chi connectivity index (χ4n) is 4.44. The molecule has 8 nitrogen and oxygen atoms in total. The lowest BCUT2D eigenvalue weighted by molar-refractivity contribution is 0.156. The molecule has 3 aliphatic heterocycles. The molecule has 0 aromatic carbocycles. The lowest BCUT2D eigenvalue weighted by Crippen LogP contribution is -2.42. The molecule has 152 valence electrons. The fraction of sp³-hybridized carbons (Fsp3) is 0.833. The molecule has 0 saturated carbocycles. The maximum atomic E-state index is 12.3. The van der Waals surface area contributed by atoms with E-state index in [1.807, 2.05) is 11.6 Å². The molecule has 1 unspecified atom stereocenters. The molecule has 3 aliphatic rings. The molecule has 0 bridgehead atoms. The highest BCUT2D eigenvalue weighted by atomic mass is 127. The third kappa shape index (κ3) is 4.33. The van der Waals surface area contributed by atoms with Gasteiger partial charge in [0.25, 0.3) is 0 Å². The molecule has 4 heterocycles. The molecule has 1 N–H and O–H groups in total. The number of rotatable bonds is 4. The van der Waals surface area contributed by atoms with E-state index < -0.39 is 0 Å². The normalized spacial score (nSPS) is 24.9. The van der Waals surface area contributed by atoms with Gasteiger partial charge in [0, 0.05) is 58.2 Å². The van der Waals surface area contributed by atoms with Gasteiger partial charge in [-0.05, 0) is 32.1 Å². The van der Waals surface area contributed by atoms with E-state index in [0.29, 0.717) is 12.0 Å². The molecule has 1 aromatic rings. The van der Waals surface area contributed by atoms with E-state index in [-0.39, 0.29) is 29.7 Å². The molecule has 0 aliphatic carbocycles. The number of aryl methyl sites for hydroxylation is 2. The zero-order chi connectivity index (χ0) is 18.0. The summed E-state index contributed by atoms with van der Waals surface area (Å²) in [5.74, 6) is 1.91. The number of aromatic nitrogens is 3. The number of nitrogens with one attached hydrogen (secondary N) is 1. The highest BCUT2D eigenvalue weighted by Crippen LogP contribution is 2.38. The van der Waals surface area contributed by atoms with Crippen LogP contribution in [0.2, 0.25) is 0 Å². The molecule has 27 heavy (non-hydrogen) atoms. The number of fused-ring (bicyclic) bond motifs is 1. The summed E-state index contributed by atoms with van der Waals surface area (Å²) in [5.41, 5.74) is 0.382. The van der Waals surface area contributed by atoms with Crippen LogP contribution in [-0.2, 0) is 24.2 Å². The minimum Gasteiger partial charge on any atom is -0.381 e. The fourth-order valence-corrected chi connectivity index (χ4v) is 4.44. The summed E-state index contributed by atoms with van der Waals surface area (Å²) in [6.45, 7) is 6.11. The van der Waals surface area contributed by atoms with Crippen molar-refractivity contribution in [2.45, 2.75) is 51.6 Å². The topological polar surface area (TPSA) is 76.7 Å². The molecule has 1 aromatic heterocycles. The van der Waals surface area contributed by atoms with Crippen molar-refractivity contribution in [3.05, 3.63) is 16.3 Å². The number of halogens is 1. The minimum absolute atomic E-state index is 0.